The second kappa shape index (κ2) is 8.65. The number of nitrogens with zero attached hydrogens (tertiary/aromatic N) is 2. The maximum Gasteiger partial charge on any atom is 0.387 e. The van der Waals surface area contributed by atoms with Crippen LogP contribution in [0.5, 0.6) is 5.75 Å². The Hall–Kier alpha value is -4.01. The van der Waals surface area contributed by atoms with Crippen LogP contribution in [-0.2, 0) is 4.79 Å². The van der Waals surface area contributed by atoms with E-state index in [1.165, 1.54) is 18.3 Å². The molecule has 1 atom stereocenters. The Morgan fingerprint density at radius 1 is 1.14 bits per heavy atom. The standard InChI is InChI=1S/C26H24F2N4O3/c1-26(2)12-19-21(20(33)13-26)22(15-8-10-17(11-9-15)35-25(27)28)32-23(31-19)18(14-29-32)24(34)30-16-6-4-3-5-7-16/h3-11,14,22,25,31H,12-13H2,1-2H3,(H,30,34)/t22-/m0/s1. The third kappa shape index (κ3) is 4.41. The highest BCUT2D eigenvalue weighted by atomic mass is 19.3. The summed E-state index contributed by atoms with van der Waals surface area (Å²) in [5.74, 6) is 0.139. The lowest BCUT2D eigenvalue weighted by molar-refractivity contribution is -0.118. The predicted octanol–water partition coefficient (Wildman–Crippen LogP) is 5.39. The van der Waals surface area contributed by atoms with Gasteiger partial charge in [-0.15, -0.1) is 0 Å². The summed E-state index contributed by atoms with van der Waals surface area (Å²) in [6.45, 7) is 1.12. The fraction of sp³-hybridized carbons (Fsp3) is 0.269. The Labute approximate surface area is 200 Å². The maximum absolute atomic E-state index is 13.3. The number of hydrogen-bond donors (Lipinski definition) is 2. The SMILES string of the molecule is CC1(C)CC(=O)C2=C(C1)Nc1c(C(=O)Nc3ccccc3)cnn1[C@H]2c1ccc(OC(F)F)cc1. The van der Waals surface area contributed by atoms with Gasteiger partial charge < -0.3 is 15.4 Å². The van der Waals surface area contributed by atoms with E-state index in [2.05, 4.69) is 20.5 Å². The number of hydrogen-bond acceptors (Lipinski definition) is 5. The van der Waals surface area contributed by atoms with E-state index in [0.29, 0.717) is 41.0 Å². The minimum atomic E-state index is -2.93. The summed E-state index contributed by atoms with van der Waals surface area (Å²) in [7, 11) is 0. The lowest BCUT2D eigenvalue weighted by Crippen LogP contribution is -2.37. The molecule has 0 radical (unpaired) electrons. The van der Waals surface area contributed by atoms with Crippen LogP contribution in [-0.4, -0.2) is 28.1 Å². The van der Waals surface area contributed by atoms with E-state index in [0.717, 1.165) is 5.70 Å². The number of fused-ring (bicyclic) bond motifs is 1. The number of carbonyl (C=O) groups is 2. The fourth-order valence-corrected chi connectivity index (χ4v) is 4.74. The zero-order valence-corrected chi connectivity index (χ0v) is 19.2. The van der Waals surface area contributed by atoms with Crippen molar-refractivity contribution >= 4 is 23.2 Å². The number of ketones is 1. The Morgan fingerprint density at radius 3 is 2.54 bits per heavy atom. The smallest absolute Gasteiger partial charge is 0.387 e. The Morgan fingerprint density at radius 2 is 1.86 bits per heavy atom. The molecule has 0 saturated carbocycles. The number of para-hydroxylation sites is 1. The third-order valence-electron chi connectivity index (χ3n) is 6.20. The first kappa shape index (κ1) is 22.8. The van der Waals surface area contributed by atoms with Crippen molar-refractivity contribution in [3.05, 3.63) is 83.2 Å². The Bertz CT molecular complexity index is 1310. The quantitative estimate of drug-likeness (QED) is 0.513. The zero-order chi connectivity index (χ0) is 24.7. The number of benzene rings is 2. The van der Waals surface area contributed by atoms with E-state index >= 15 is 0 Å². The van der Waals surface area contributed by atoms with Crippen LogP contribution in [0.4, 0.5) is 20.3 Å². The molecule has 35 heavy (non-hydrogen) atoms. The first-order chi connectivity index (χ1) is 16.7. The molecule has 2 heterocycles. The van der Waals surface area contributed by atoms with Gasteiger partial charge in [0.25, 0.3) is 5.91 Å². The van der Waals surface area contributed by atoms with E-state index in [1.807, 2.05) is 32.0 Å². The summed E-state index contributed by atoms with van der Waals surface area (Å²) >= 11 is 0. The number of nitrogens with one attached hydrogen (secondary N) is 2. The van der Waals surface area contributed by atoms with Gasteiger partial charge in [0, 0.05) is 23.4 Å². The monoisotopic (exact) mass is 478 g/mol. The van der Waals surface area contributed by atoms with Crippen LogP contribution >= 0.6 is 0 Å². The van der Waals surface area contributed by atoms with Gasteiger partial charge in [0.05, 0.1) is 6.20 Å². The molecule has 3 aromatic rings. The normalized spacial score (nSPS) is 18.5. The van der Waals surface area contributed by atoms with Gasteiger partial charge in [0.1, 0.15) is 23.2 Å². The lowest BCUT2D eigenvalue weighted by atomic mass is 9.73. The molecule has 0 fully saturated rings. The highest BCUT2D eigenvalue weighted by Gasteiger charge is 2.42. The molecular formula is C26H24F2N4O3. The van der Waals surface area contributed by atoms with Crippen molar-refractivity contribution in [1.29, 1.82) is 0 Å². The van der Waals surface area contributed by atoms with Gasteiger partial charge in [-0.05, 0) is 41.7 Å². The minimum absolute atomic E-state index is 0.0157. The maximum atomic E-state index is 13.3. The summed E-state index contributed by atoms with van der Waals surface area (Å²) in [4.78, 5) is 26.4. The van der Waals surface area contributed by atoms with Crippen molar-refractivity contribution in [2.75, 3.05) is 10.6 Å². The van der Waals surface area contributed by atoms with Crippen molar-refractivity contribution in [1.82, 2.24) is 9.78 Å². The average molecular weight is 478 g/mol. The van der Waals surface area contributed by atoms with Gasteiger partial charge in [-0.3, -0.25) is 9.59 Å². The second-order valence-corrected chi connectivity index (χ2v) is 9.48. The van der Waals surface area contributed by atoms with Gasteiger partial charge >= 0.3 is 6.61 Å². The number of anilines is 2. The number of alkyl halides is 2. The second-order valence-electron chi connectivity index (χ2n) is 9.48. The molecule has 1 aliphatic carbocycles. The predicted molar refractivity (Wildman–Crippen MR) is 127 cm³/mol. The number of carbonyl (C=O) groups excluding carboxylic acids is 2. The van der Waals surface area contributed by atoms with Crippen LogP contribution in [0.3, 0.4) is 0 Å². The molecule has 2 aliphatic rings. The summed E-state index contributed by atoms with van der Waals surface area (Å²) < 4.78 is 31.3. The summed E-state index contributed by atoms with van der Waals surface area (Å²) in [5.41, 5.74) is 2.71. The minimum Gasteiger partial charge on any atom is -0.435 e. The van der Waals surface area contributed by atoms with Gasteiger partial charge in [0.2, 0.25) is 0 Å². The first-order valence-corrected chi connectivity index (χ1v) is 11.2. The van der Waals surface area contributed by atoms with Crippen LogP contribution in [0, 0.1) is 5.41 Å². The van der Waals surface area contributed by atoms with Gasteiger partial charge in [-0.2, -0.15) is 13.9 Å². The number of halogens is 2. The number of ether oxygens (including phenoxy) is 1. The fourth-order valence-electron chi connectivity index (χ4n) is 4.74. The van der Waals surface area contributed by atoms with Crippen molar-refractivity contribution in [3.8, 4) is 5.75 Å². The topological polar surface area (TPSA) is 85.3 Å². The van der Waals surface area contributed by atoms with E-state index in [4.69, 9.17) is 0 Å². The summed E-state index contributed by atoms with van der Waals surface area (Å²) in [6.07, 6.45) is 2.45. The van der Waals surface area contributed by atoms with Crippen molar-refractivity contribution in [2.45, 2.75) is 39.3 Å². The van der Waals surface area contributed by atoms with E-state index < -0.39 is 12.7 Å². The molecule has 2 aromatic carbocycles. The molecule has 1 aliphatic heterocycles. The molecule has 0 spiro atoms. The Balaban J connectivity index is 1.57. The molecule has 9 heteroatoms. The number of rotatable bonds is 5. The van der Waals surface area contributed by atoms with E-state index in [9.17, 15) is 18.4 Å². The zero-order valence-electron chi connectivity index (χ0n) is 19.2. The number of aromatic nitrogens is 2. The number of allylic oxidation sites excluding steroid dienone is 2. The van der Waals surface area contributed by atoms with E-state index in [-0.39, 0.29) is 22.9 Å². The molecule has 0 unspecified atom stereocenters. The van der Waals surface area contributed by atoms with E-state index in [1.54, 1.807) is 28.9 Å². The first-order valence-electron chi connectivity index (χ1n) is 11.2. The molecule has 0 saturated heterocycles. The third-order valence-corrected chi connectivity index (χ3v) is 6.20. The Kier molecular flexibility index (Phi) is 5.62. The number of amides is 1. The molecule has 5 rings (SSSR count). The van der Waals surface area contributed by atoms with Crippen molar-refractivity contribution in [2.24, 2.45) is 5.41 Å². The van der Waals surface area contributed by atoms with Gasteiger partial charge in [-0.1, -0.05) is 44.2 Å². The van der Waals surface area contributed by atoms with Gasteiger partial charge in [0.15, 0.2) is 5.78 Å². The van der Waals surface area contributed by atoms with Crippen molar-refractivity contribution < 1.29 is 23.1 Å². The van der Waals surface area contributed by atoms with Gasteiger partial charge in [-0.25, -0.2) is 4.68 Å². The van der Waals surface area contributed by atoms with Crippen LogP contribution < -0.4 is 15.4 Å². The molecule has 1 amide bonds. The van der Waals surface area contributed by atoms with Crippen LogP contribution in [0.1, 0.15) is 48.7 Å². The molecule has 1 aromatic heterocycles. The molecule has 0 bridgehead atoms. The highest BCUT2D eigenvalue weighted by molar-refractivity contribution is 6.08. The summed E-state index contributed by atoms with van der Waals surface area (Å²) in [6, 6.07) is 14.6. The largest absolute Gasteiger partial charge is 0.435 e. The molecule has 2 N–H and O–H groups in total. The van der Waals surface area contributed by atoms with Crippen LogP contribution in [0.15, 0.2) is 72.1 Å². The van der Waals surface area contributed by atoms with Crippen LogP contribution in [0.25, 0.3) is 0 Å². The molecular weight excluding hydrogens is 454 g/mol. The lowest BCUT2D eigenvalue weighted by Gasteiger charge is -2.39. The average Bonchev–Trinajstić information content (AvgIpc) is 3.21. The highest BCUT2D eigenvalue weighted by Crippen LogP contribution is 2.46. The van der Waals surface area contributed by atoms with Crippen molar-refractivity contribution in [3.63, 3.8) is 0 Å². The molecule has 180 valence electrons. The van der Waals surface area contributed by atoms with Crippen LogP contribution in [0.2, 0.25) is 0 Å². The summed E-state index contributed by atoms with van der Waals surface area (Å²) in [5, 5.41) is 10.6. The molecule has 7 nitrogen and oxygen atoms in total. The number of Topliss-reactive ketones (excluding diaryl/α,β-unsaturated/α-hetero) is 1.